The van der Waals surface area contributed by atoms with Crippen LogP contribution in [0.5, 0.6) is 0 Å². The number of hydrogen-bond donors (Lipinski definition) is 2. The highest BCUT2D eigenvalue weighted by Crippen LogP contribution is 2.23. The molecule has 134 valence electrons. The fourth-order valence-electron chi connectivity index (χ4n) is 2.64. The van der Waals surface area contributed by atoms with E-state index in [2.05, 4.69) is 39.2 Å². The smallest absolute Gasteiger partial charge is 0.297 e. The van der Waals surface area contributed by atoms with E-state index < -0.39 is 5.91 Å². The molecule has 0 radical (unpaired) electrons. The lowest BCUT2D eigenvalue weighted by atomic mass is 10.0. The van der Waals surface area contributed by atoms with E-state index in [1.54, 1.807) is 23.7 Å². The van der Waals surface area contributed by atoms with Crippen molar-refractivity contribution in [3.63, 3.8) is 0 Å². The first-order chi connectivity index (χ1) is 12.9. The van der Waals surface area contributed by atoms with Crippen molar-refractivity contribution in [3.05, 3.63) is 52.9 Å². The van der Waals surface area contributed by atoms with Crippen LogP contribution in [0, 0.1) is 29.6 Å². The SMILES string of the molecule is Cc1nc(C(=O)Nc2nc(C#N)c(C#N)[nH]2)nn1-c1ccccc1C(C)C. The number of hydrogen-bond acceptors (Lipinski definition) is 6. The molecule has 3 rings (SSSR count). The fourth-order valence-corrected chi connectivity index (χ4v) is 2.64. The Labute approximate surface area is 155 Å². The summed E-state index contributed by atoms with van der Waals surface area (Å²) in [6.45, 7) is 5.92. The van der Waals surface area contributed by atoms with Crippen molar-refractivity contribution in [1.82, 2.24) is 24.7 Å². The van der Waals surface area contributed by atoms with E-state index in [4.69, 9.17) is 10.5 Å². The van der Waals surface area contributed by atoms with Crippen LogP contribution in [0.4, 0.5) is 5.95 Å². The number of anilines is 1. The molecule has 0 atom stereocenters. The summed E-state index contributed by atoms with van der Waals surface area (Å²) in [6.07, 6.45) is 0. The number of amides is 1. The van der Waals surface area contributed by atoms with Crippen LogP contribution < -0.4 is 5.32 Å². The number of H-pyrrole nitrogens is 1. The number of imidazole rings is 1. The Bertz CT molecular complexity index is 1060. The van der Waals surface area contributed by atoms with Crippen LogP contribution in [-0.4, -0.2) is 30.6 Å². The first kappa shape index (κ1) is 17.8. The second-order valence-electron chi connectivity index (χ2n) is 6.09. The number of aromatic amines is 1. The zero-order valence-corrected chi connectivity index (χ0v) is 15.0. The molecule has 0 aliphatic carbocycles. The molecule has 0 fully saturated rings. The molecule has 2 aromatic heterocycles. The average molecular weight is 360 g/mol. The van der Waals surface area contributed by atoms with Gasteiger partial charge in [0.25, 0.3) is 5.91 Å². The van der Waals surface area contributed by atoms with E-state index in [9.17, 15) is 4.79 Å². The van der Waals surface area contributed by atoms with Crippen molar-refractivity contribution in [2.45, 2.75) is 26.7 Å². The van der Waals surface area contributed by atoms with Gasteiger partial charge in [-0.2, -0.15) is 10.5 Å². The normalized spacial score (nSPS) is 10.4. The van der Waals surface area contributed by atoms with Crippen molar-refractivity contribution in [2.24, 2.45) is 0 Å². The molecule has 3 aromatic rings. The second-order valence-corrected chi connectivity index (χ2v) is 6.09. The monoisotopic (exact) mass is 360 g/mol. The van der Waals surface area contributed by atoms with E-state index in [1.807, 2.05) is 24.3 Å². The van der Waals surface area contributed by atoms with Gasteiger partial charge < -0.3 is 4.98 Å². The summed E-state index contributed by atoms with van der Waals surface area (Å²) in [5.74, 6) is 0.188. The lowest BCUT2D eigenvalue weighted by molar-refractivity contribution is 0.101. The summed E-state index contributed by atoms with van der Waals surface area (Å²) in [5, 5.41) is 24.6. The summed E-state index contributed by atoms with van der Waals surface area (Å²) < 4.78 is 1.62. The summed E-state index contributed by atoms with van der Waals surface area (Å²) in [4.78, 5) is 23.1. The maximum absolute atomic E-state index is 12.5. The van der Waals surface area contributed by atoms with Crippen molar-refractivity contribution in [3.8, 4) is 17.8 Å². The number of aromatic nitrogens is 5. The summed E-state index contributed by atoms with van der Waals surface area (Å²) >= 11 is 0. The van der Waals surface area contributed by atoms with Gasteiger partial charge in [-0.05, 0) is 24.5 Å². The van der Waals surface area contributed by atoms with E-state index in [0.29, 0.717) is 5.82 Å². The van der Waals surface area contributed by atoms with E-state index in [0.717, 1.165) is 11.3 Å². The maximum atomic E-state index is 12.5. The largest absolute Gasteiger partial charge is 0.314 e. The van der Waals surface area contributed by atoms with Crippen LogP contribution in [-0.2, 0) is 0 Å². The van der Waals surface area contributed by atoms with Crippen molar-refractivity contribution in [2.75, 3.05) is 5.32 Å². The third-order valence-electron chi connectivity index (χ3n) is 3.91. The number of nitriles is 2. The van der Waals surface area contributed by atoms with Gasteiger partial charge in [-0.15, -0.1) is 5.10 Å². The molecule has 0 aliphatic rings. The topological polar surface area (TPSA) is 136 Å². The number of para-hydroxylation sites is 1. The number of nitrogens with one attached hydrogen (secondary N) is 2. The lowest BCUT2D eigenvalue weighted by Gasteiger charge is -2.12. The van der Waals surface area contributed by atoms with Gasteiger partial charge >= 0.3 is 0 Å². The standard InChI is InChI=1S/C18H16N8O/c1-10(2)12-6-4-5-7-15(12)26-11(3)21-16(25-26)17(27)24-18-22-13(8-19)14(9-20)23-18/h4-7,10H,1-3H3,(H2,22,23,24,27). The Balaban J connectivity index is 1.91. The quantitative estimate of drug-likeness (QED) is 0.733. The molecule has 0 unspecified atom stereocenters. The van der Waals surface area contributed by atoms with Crippen LogP contribution in [0.2, 0.25) is 0 Å². The molecular weight excluding hydrogens is 344 g/mol. The minimum absolute atomic E-state index is 0.00955. The number of aryl methyl sites for hydroxylation is 1. The third-order valence-corrected chi connectivity index (χ3v) is 3.91. The Morgan fingerprint density at radius 2 is 1.96 bits per heavy atom. The molecule has 0 saturated heterocycles. The van der Waals surface area contributed by atoms with E-state index >= 15 is 0 Å². The van der Waals surface area contributed by atoms with Gasteiger partial charge in [0, 0.05) is 0 Å². The van der Waals surface area contributed by atoms with Gasteiger partial charge in [0.15, 0.2) is 11.4 Å². The van der Waals surface area contributed by atoms with Gasteiger partial charge in [0.05, 0.1) is 5.69 Å². The molecule has 1 aromatic carbocycles. The highest BCUT2D eigenvalue weighted by Gasteiger charge is 2.19. The first-order valence-corrected chi connectivity index (χ1v) is 8.19. The molecule has 2 heterocycles. The van der Waals surface area contributed by atoms with Crippen molar-refractivity contribution < 1.29 is 4.79 Å². The molecule has 9 nitrogen and oxygen atoms in total. The Morgan fingerprint density at radius 1 is 1.22 bits per heavy atom. The molecule has 9 heteroatoms. The van der Waals surface area contributed by atoms with Crippen LogP contribution in [0.15, 0.2) is 24.3 Å². The zero-order valence-electron chi connectivity index (χ0n) is 15.0. The molecule has 1 amide bonds. The van der Waals surface area contributed by atoms with Gasteiger partial charge in [0.1, 0.15) is 18.0 Å². The van der Waals surface area contributed by atoms with E-state index in [-0.39, 0.29) is 29.1 Å². The van der Waals surface area contributed by atoms with Crippen LogP contribution >= 0.6 is 0 Å². The Kier molecular flexibility index (Phi) is 4.69. The van der Waals surface area contributed by atoms with Gasteiger partial charge in [-0.25, -0.2) is 14.6 Å². The van der Waals surface area contributed by atoms with Crippen LogP contribution in [0.25, 0.3) is 5.69 Å². The fraction of sp³-hybridized carbons (Fsp3) is 0.222. The minimum atomic E-state index is -0.596. The summed E-state index contributed by atoms with van der Waals surface area (Å²) in [6, 6.07) is 11.4. The molecule has 0 aliphatic heterocycles. The molecule has 2 N–H and O–H groups in total. The van der Waals surface area contributed by atoms with Gasteiger partial charge in [-0.3, -0.25) is 10.1 Å². The molecule has 27 heavy (non-hydrogen) atoms. The Morgan fingerprint density at radius 3 is 2.59 bits per heavy atom. The van der Waals surface area contributed by atoms with Crippen molar-refractivity contribution >= 4 is 11.9 Å². The van der Waals surface area contributed by atoms with Gasteiger partial charge in [-0.1, -0.05) is 32.0 Å². The summed E-state index contributed by atoms with van der Waals surface area (Å²) in [7, 11) is 0. The van der Waals surface area contributed by atoms with Crippen LogP contribution in [0.3, 0.4) is 0 Å². The second kappa shape index (κ2) is 7.10. The number of carbonyl (C=O) groups excluding carboxylic acids is 1. The number of nitrogens with zero attached hydrogens (tertiary/aromatic N) is 6. The third kappa shape index (κ3) is 3.39. The molecule has 0 bridgehead atoms. The predicted molar refractivity (Wildman–Crippen MR) is 96.2 cm³/mol. The molecule has 0 saturated carbocycles. The predicted octanol–water partition coefficient (Wildman–Crippen LogP) is 2.42. The lowest BCUT2D eigenvalue weighted by Crippen LogP contribution is -2.15. The Hall–Kier alpha value is -3.98. The van der Waals surface area contributed by atoms with Crippen LogP contribution in [0.1, 0.15) is 53.2 Å². The van der Waals surface area contributed by atoms with Gasteiger partial charge in [0.2, 0.25) is 11.8 Å². The molecule has 0 spiro atoms. The number of carbonyl (C=O) groups is 1. The number of rotatable bonds is 4. The summed E-state index contributed by atoms with van der Waals surface area (Å²) in [5.41, 5.74) is 1.83. The number of benzene rings is 1. The highest BCUT2D eigenvalue weighted by atomic mass is 16.2. The van der Waals surface area contributed by atoms with Crippen molar-refractivity contribution in [1.29, 1.82) is 10.5 Å². The average Bonchev–Trinajstić information content (AvgIpc) is 3.24. The zero-order chi connectivity index (χ0) is 19.6. The highest BCUT2D eigenvalue weighted by molar-refractivity contribution is 6.00. The van der Waals surface area contributed by atoms with E-state index in [1.165, 1.54) is 0 Å². The minimum Gasteiger partial charge on any atom is -0.314 e. The maximum Gasteiger partial charge on any atom is 0.297 e. The first-order valence-electron chi connectivity index (χ1n) is 8.19. The molecular formula is C18H16N8O.